The molecule has 0 radical (unpaired) electrons. The first-order valence-corrected chi connectivity index (χ1v) is 11.2. The summed E-state index contributed by atoms with van der Waals surface area (Å²) in [5.41, 5.74) is 3.24. The SMILES string of the molecule is Cc1cc(C(=O)COC(=O)c2ccc(S(N)(=O)=O)o2)c(C)n1CCc1ccc(Cl)cc1. The average Bonchev–Trinajstić information content (AvgIpc) is 3.31. The molecule has 0 spiro atoms. The summed E-state index contributed by atoms with van der Waals surface area (Å²) in [6.45, 7) is 3.89. The molecule has 0 fully saturated rings. The molecule has 2 aromatic heterocycles. The van der Waals surface area contributed by atoms with Crippen molar-refractivity contribution in [1.82, 2.24) is 4.57 Å². The van der Waals surface area contributed by atoms with E-state index in [1.807, 2.05) is 42.7 Å². The Morgan fingerprint density at radius 2 is 1.81 bits per heavy atom. The lowest BCUT2D eigenvalue weighted by Gasteiger charge is -2.10. The van der Waals surface area contributed by atoms with E-state index in [-0.39, 0.29) is 11.5 Å². The van der Waals surface area contributed by atoms with Gasteiger partial charge in [0.25, 0.3) is 10.0 Å². The molecular weight excluding hydrogens is 444 g/mol. The minimum Gasteiger partial charge on any atom is -0.451 e. The fraction of sp³-hybridized carbons (Fsp3) is 0.238. The van der Waals surface area contributed by atoms with Gasteiger partial charge < -0.3 is 13.7 Å². The van der Waals surface area contributed by atoms with Crippen molar-refractivity contribution in [2.45, 2.75) is 31.9 Å². The zero-order valence-electron chi connectivity index (χ0n) is 16.9. The highest BCUT2D eigenvalue weighted by Gasteiger charge is 2.21. The summed E-state index contributed by atoms with van der Waals surface area (Å²) >= 11 is 5.91. The molecule has 0 saturated carbocycles. The third-order valence-electron chi connectivity index (χ3n) is 4.81. The lowest BCUT2D eigenvalue weighted by atomic mass is 10.1. The Morgan fingerprint density at radius 3 is 2.42 bits per heavy atom. The van der Waals surface area contributed by atoms with Gasteiger partial charge in [0.2, 0.25) is 16.6 Å². The van der Waals surface area contributed by atoms with Crippen LogP contribution < -0.4 is 5.14 Å². The van der Waals surface area contributed by atoms with E-state index >= 15 is 0 Å². The molecule has 0 aliphatic rings. The molecule has 1 aromatic carbocycles. The smallest absolute Gasteiger partial charge is 0.374 e. The van der Waals surface area contributed by atoms with Crippen molar-refractivity contribution in [2.75, 3.05) is 6.61 Å². The third-order valence-corrected chi connectivity index (χ3v) is 5.84. The lowest BCUT2D eigenvalue weighted by Crippen LogP contribution is -2.15. The van der Waals surface area contributed by atoms with Gasteiger partial charge in [-0.2, -0.15) is 0 Å². The summed E-state index contributed by atoms with van der Waals surface area (Å²) in [7, 11) is -4.08. The Bertz CT molecular complexity index is 1230. The van der Waals surface area contributed by atoms with Crippen molar-refractivity contribution < 1.29 is 27.2 Å². The van der Waals surface area contributed by atoms with Crippen LogP contribution in [0, 0.1) is 13.8 Å². The number of sulfonamides is 1. The van der Waals surface area contributed by atoms with Gasteiger partial charge in [-0.05, 0) is 56.2 Å². The number of ketones is 1. The van der Waals surface area contributed by atoms with Gasteiger partial charge in [-0.1, -0.05) is 23.7 Å². The van der Waals surface area contributed by atoms with Gasteiger partial charge in [0.1, 0.15) is 0 Å². The standard InChI is InChI=1S/C21H21ClN2O6S/c1-13-11-17(14(2)24(13)10-9-15-3-5-16(22)6-4-15)18(25)12-29-21(26)19-7-8-20(30-19)31(23,27)28/h3-8,11H,9-10,12H2,1-2H3,(H2,23,27,28). The molecule has 3 rings (SSSR count). The molecule has 8 nitrogen and oxygen atoms in total. The van der Waals surface area contributed by atoms with Crippen molar-refractivity contribution in [2.24, 2.45) is 5.14 Å². The maximum atomic E-state index is 12.6. The number of ether oxygens (including phenoxy) is 1. The van der Waals surface area contributed by atoms with E-state index in [1.165, 1.54) is 0 Å². The maximum Gasteiger partial charge on any atom is 0.374 e. The lowest BCUT2D eigenvalue weighted by molar-refractivity contribution is 0.0438. The number of benzene rings is 1. The number of carbonyl (C=O) groups is 2. The second kappa shape index (κ2) is 9.09. The zero-order valence-corrected chi connectivity index (χ0v) is 18.5. The molecule has 3 aromatic rings. The highest BCUT2D eigenvalue weighted by molar-refractivity contribution is 7.89. The van der Waals surface area contributed by atoms with Gasteiger partial charge >= 0.3 is 5.97 Å². The molecule has 0 saturated heterocycles. The number of aryl methyl sites for hydroxylation is 2. The minimum atomic E-state index is -4.08. The van der Waals surface area contributed by atoms with Crippen LogP contribution in [-0.2, 0) is 27.7 Å². The number of primary sulfonamides is 1. The van der Waals surface area contributed by atoms with Crippen LogP contribution in [0.15, 0.2) is 52.0 Å². The van der Waals surface area contributed by atoms with Crippen LogP contribution in [-0.4, -0.2) is 31.3 Å². The molecule has 10 heteroatoms. The van der Waals surface area contributed by atoms with Crippen LogP contribution in [0.4, 0.5) is 0 Å². The molecule has 2 heterocycles. The van der Waals surface area contributed by atoms with Gasteiger partial charge in [-0.25, -0.2) is 18.4 Å². The molecule has 0 amide bonds. The predicted molar refractivity (Wildman–Crippen MR) is 114 cm³/mol. The predicted octanol–water partition coefficient (Wildman–Crippen LogP) is 3.28. The first-order chi connectivity index (χ1) is 14.6. The highest BCUT2D eigenvalue weighted by Crippen LogP contribution is 2.19. The fourth-order valence-corrected chi connectivity index (χ4v) is 3.77. The van der Waals surface area contributed by atoms with E-state index in [4.69, 9.17) is 25.9 Å². The van der Waals surface area contributed by atoms with E-state index in [0.29, 0.717) is 17.1 Å². The van der Waals surface area contributed by atoms with E-state index in [2.05, 4.69) is 0 Å². The number of hydrogen-bond acceptors (Lipinski definition) is 6. The quantitative estimate of drug-likeness (QED) is 0.403. The summed E-state index contributed by atoms with van der Waals surface area (Å²) in [6.07, 6.45) is 0.765. The van der Waals surface area contributed by atoms with Gasteiger partial charge in [0.05, 0.1) is 0 Å². The monoisotopic (exact) mass is 464 g/mol. The second-order valence-electron chi connectivity index (χ2n) is 6.98. The molecule has 0 unspecified atom stereocenters. The highest BCUT2D eigenvalue weighted by atomic mass is 35.5. The Hall–Kier alpha value is -2.88. The van der Waals surface area contributed by atoms with E-state index < -0.39 is 27.7 Å². The molecule has 0 bridgehead atoms. The summed E-state index contributed by atoms with van der Waals surface area (Å²) < 4.78 is 34.3. The zero-order chi connectivity index (χ0) is 22.8. The van der Waals surface area contributed by atoms with E-state index in [0.717, 1.165) is 35.5 Å². The van der Waals surface area contributed by atoms with Crippen LogP contribution in [0.2, 0.25) is 5.02 Å². The largest absolute Gasteiger partial charge is 0.451 e. The van der Waals surface area contributed by atoms with Crippen LogP contribution >= 0.6 is 11.6 Å². The molecule has 31 heavy (non-hydrogen) atoms. The Labute approximate surface area is 184 Å². The van der Waals surface area contributed by atoms with Gasteiger partial charge in [0, 0.05) is 28.5 Å². The number of furan rings is 1. The summed E-state index contributed by atoms with van der Waals surface area (Å²) in [5.74, 6) is -1.69. The molecule has 164 valence electrons. The number of Topliss-reactive ketones (excluding diaryl/α,β-unsaturated/α-hetero) is 1. The average molecular weight is 465 g/mol. The maximum absolute atomic E-state index is 12.6. The van der Waals surface area contributed by atoms with E-state index in [9.17, 15) is 18.0 Å². The van der Waals surface area contributed by atoms with Crippen LogP contribution in [0.5, 0.6) is 0 Å². The number of nitrogens with zero attached hydrogens (tertiary/aromatic N) is 1. The van der Waals surface area contributed by atoms with Gasteiger partial charge in [0.15, 0.2) is 6.61 Å². The fourth-order valence-electron chi connectivity index (χ4n) is 3.18. The first-order valence-electron chi connectivity index (χ1n) is 9.30. The molecular formula is C21H21ClN2O6S. The van der Waals surface area contributed by atoms with Gasteiger partial charge in [-0.3, -0.25) is 4.79 Å². The van der Waals surface area contributed by atoms with Crippen LogP contribution in [0.1, 0.15) is 37.9 Å². The first kappa shape index (κ1) is 22.8. The van der Waals surface area contributed by atoms with Crippen LogP contribution in [0.3, 0.4) is 0 Å². The Morgan fingerprint density at radius 1 is 1.13 bits per heavy atom. The number of nitrogens with two attached hydrogens (primary N) is 1. The normalized spacial score (nSPS) is 11.5. The Balaban J connectivity index is 1.64. The van der Waals surface area contributed by atoms with E-state index in [1.54, 1.807) is 6.07 Å². The number of rotatable bonds is 8. The van der Waals surface area contributed by atoms with Gasteiger partial charge in [-0.15, -0.1) is 0 Å². The summed E-state index contributed by atoms with van der Waals surface area (Å²) in [4.78, 5) is 24.6. The van der Waals surface area contributed by atoms with Crippen molar-refractivity contribution in [3.8, 4) is 0 Å². The summed E-state index contributed by atoms with van der Waals surface area (Å²) in [5, 5.41) is 5.05. The number of carbonyl (C=O) groups excluding carboxylic acids is 2. The minimum absolute atomic E-state index is 0.356. The number of esters is 1. The van der Waals surface area contributed by atoms with Crippen molar-refractivity contribution in [3.05, 3.63) is 75.8 Å². The molecule has 0 atom stereocenters. The Kier molecular flexibility index (Phi) is 6.68. The molecule has 0 aliphatic heterocycles. The number of aromatic nitrogens is 1. The van der Waals surface area contributed by atoms with Crippen molar-refractivity contribution in [1.29, 1.82) is 0 Å². The van der Waals surface area contributed by atoms with Crippen LogP contribution in [0.25, 0.3) is 0 Å². The number of halogens is 1. The van der Waals surface area contributed by atoms with Crippen molar-refractivity contribution in [3.63, 3.8) is 0 Å². The van der Waals surface area contributed by atoms with Crippen molar-refractivity contribution >= 4 is 33.4 Å². The third kappa shape index (κ3) is 5.43. The molecule has 0 aliphatic carbocycles. The second-order valence-corrected chi connectivity index (χ2v) is 8.90. The number of hydrogen-bond donors (Lipinski definition) is 1. The molecule has 2 N–H and O–H groups in total. The topological polar surface area (TPSA) is 122 Å². The summed E-state index contributed by atoms with van der Waals surface area (Å²) in [6, 6.07) is 11.5.